The molecular weight excluding hydrogens is 198 g/mol. The summed E-state index contributed by atoms with van der Waals surface area (Å²) in [5.41, 5.74) is 2.38. The molecule has 0 fully saturated rings. The molecule has 0 saturated heterocycles. The van der Waals surface area contributed by atoms with E-state index in [0.717, 1.165) is 17.9 Å². The Hall–Kier alpha value is -1.64. The molecule has 3 nitrogen and oxygen atoms in total. The van der Waals surface area contributed by atoms with Crippen molar-refractivity contribution >= 4 is 0 Å². The van der Waals surface area contributed by atoms with Crippen LogP contribution >= 0.6 is 0 Å². The number of aryl methyl sites for hydroxylation is 1. The first kappa shape index (κ1) is 10.9. The molecule has 1 heterocycles. The van der Waals surface area contributed by atoms with E-state index in [1.165, 1.54) is 5.56 Å². The summed E-state index contributed by atoms with van der Waals surface area (Å²) < 4.78 is 2.11. The Morgan fingerprint density at radius 3 is 2.81 bits per heavy atom. The topological polar surface area (TPSA) is 30.7 Å². The maximum Gasteiger partial charge on any atom is 0.163 e. The highest BCUT2D eigenvalue weighted by Gasteiger charge is 2.08. The van der Waals surface area contributed by atoms with Gasteiger partial charge in [0.25, 0.3) is 0 Å². The van der Waals surface area contributed by atoms with Crippen molar-refractivity contribution in [2.45, 2.75) is 27.3 Å². The van der Waals surface area contributed by atoms with Crippen molar-refractivity contribution in [3.8, 4) is 11.4 Å². The molecule has 0 atom stereocenters. The standard InChI is InChI=1S/C13H17N3/c1-10(2)8-16-9-14-15-13(16)12-6-4-5-11(3)7-12/h4-7,9-10H,8H2,1-3H3. The predicted molar refractivity (Wildman–Crippen MR) is 65.0 cm³/mol. The van der Waals surface area contributed by atoms with Crippen molar-refractivity contribution in [3.05, 3.63) is 36.2 Å². The van der Waals surface area contributed by atoms with E-state index < -0.39 is 0 Å². The average Bonchev–Trinajstić information content (AvgIpc) is 2.65. The monoisotopic (exact) mass is 215 g/mol. The fourth-order valence-electron chi connectivity index (χ4n) is 1.79. The summed E-state index contributed by atoms with van der Waals surface area (Å²) in [6, 6.07) is 8.36. The Morgan fingerprint density at radius 1 is 1.31 bits per heavy atom. The molecule has 0 aliphatic heterocycles. The molecule has 0 bridgehead atoms. The molecule has 0 amide bonds. The second-order valence-electron chi connectivity index (χ2n) is 4.57. The normalized spacial score (nSPS) is 11.0. The van der Waals surface area contributed by atoms with Gasteiger partial charge >= 0.3 is 0 Å². The van der Waals surface area contributed by atoms with Gasteiger partial charge in [-0.1, -0.05) is 37.6 Å². The van der Waals surface area contributed by atoms with Gasteiger partial charge < -0.3 is 4.57 Å². The van der Waals surface area contributed by atoms with Crippen LogP contribution in [0.2, 0.25) is 0 Å². The van der Waals surface area contributed by atoms with Gasteiger partial charge in [0, 0.05) is 12.1 Å². The minimum Gasteiger partial charge on any atom is -0.313 e. The summed E-state index contributed by atoms with van der Waals surface area (Å²) in [6.45, 7) is 7.43. The molecule has 0 spiro atoms. The largest absolute Gasteiger partial charge is 0.313 e. The van der Waals surface area contributed by atoms with Gasteiger partial charge in [-0.15, -0.1) is 10.2 Å². The van der Waals surface area contributed by atoms with Gasteiger partial charge in [0.1, 0.15) is 6.33 Å². The molecule has 1 aromatic heterocycles. The van der Waals surface area contributed by atoms with Gasteiger partial charge in [0.15, 0.2) is 5.82 Å². The smallest absolute Gasteiger partial charge is 0.163 e. The second kappa shape index (κ2) is 4.47. The van der Waals surface area contributed by atoms with E-state index >= 15 is 0 Å². The zero-order valence-corrected chi connectivity index (χ0v) is 10.0. The van der Waals surface area contributed by atoms with Crippen LogP contribution in [0.1, 0.15) is 19.4 Å². The molecule has 2 rings (SSSR count). The van der Waals surface area contributed by atoms with Crippen LogP contribution in [0.5, 0.6) is 0 Å². The summed E-state index contributed by atoms with van der Waals surface area (Å²) in [4.78, 5) is 0. The number of hydrogen-bond acceptors (Lipinski definition) is 2. The Labute approximate surface area is 96.1 Å². The Kier molecular flexibility index (Phi) is 3.04. The third-order valence-electron chi connectivity index (χ3n) is 2.45. The molecule has 84 valence electrons. The maximum absolute atomic E-state index is 4.19. The second-order valence-corrected chi connectivity index (χ2v) is 4.57. The van der Waals surface area contributed by atoms with Crippen molar-refractivity contribution in [1.29, 1.82) is 0 Å². The van der Waals surface area contributed by atoms with Gasteiger partial charge in [0.05, 0.1) is 0 Å². The van der Waals surface area contributed by atoms with E-state index in [-0.39, 0.29) is 0 Å². The minimum atomic E-state index is 0.597. The lowest BCUT2D eigenvalue weighted by Gasteiger charge is -2.09. The summed E-state index contributed by atoms with van der Waals surface area (Å²) in [5, 5.41) is 8.19. The number of aromatic nitrogens is 3. The summed E-state index contributed by atoms with van der Waals surface area (Å²) in [6.07, 6.45) is 1.80. The highest BCUT2D eigenvalue weighted by atomic mass is 15.3. The Morgan fingerprint density at radius 2 is 2.12 bits per heavy atom. The van der Waals surface area contributed by atoms with Crippen LogP contribution in [0.3, 0.4) is 0 Å². The van der Waals surface area contributed by atoms with Crippen LogP contribution in [-0.4, -0.2) is 14.8 Å². The first-order chi connectivity index (χ1) is 7.66. The molecule has 16 heavy (non-hydrogen) atoms. The van der Waals surface area contributed by atoms with E-state index in [1.807, 2.05) is 0 Å². The van der Waals surface area contributed by atoms with E-state index in [1.54, 1.807) is 6.33 Å². The lowest BCUT2D eigenvalue weighted by molar-refractivity contribution is 0.525. The fourth-order valence-corrected chi connectivity index (χ4v) is 1.79. The third kappa shape index (κ3) is 2.30. The molecule has 0 radical (unpaired) electrons. The lowest BCUT2D eigenvalue weighted by atomic mass is 10.1. The summed E-state index contributed by atoms with van der Waals surface area (Å²) in [7, 11) is 0. The molecule has 0 aliphatic carbocycles. The van der Waals surface area contributed by atoms with Crippen molar-refractivity contribution in [2.24, 2.45) is 5.92 Å². The van der Waals surface area contributed by atoms with Crippen LogP contribution in [0.15, 0.2) is 30.6 Å². The zero-order chi connectivity index (χ0) is 11.5. The number of nitrogens with zero attached hydrogens (tertiary/aromatic N) is 3. The maximum atomic E-state index is 4.19. The minimum absolute atomic E-state index is 0.597. The van der Waals surface area contributed by atoms with E-state index in [4.69, 9.17) is 0 Å². The fraction of sp³-hybridized carbons (Fsp3) is 0.385. The van der Waals surface area contributed by atoms with E-state index in [9.17, 15) is 0 Å². The molecule has 0 N–H and O–H groups in total. The quantitative estimate of drug-likeness (QED) is 0.788. The molecule has 1 aromatic carbocycles. The Balaban J connectivity index is 2.37. The van der Waals surface area contributed by atoms with Crippen molar-refractivity contribution in [3.63, 3.8) is 0 Å². The number of benzene rings is 1. The first-order valence-electron chi connectivity index (χ1n) is 5.61. The molecule has 0 unspecified atom stereocenters. The molecule has 0 aliphatic rings. The van der Waals surface area contributed by atoms with Gasteiger partial charge in [-0.3, -0.25) is 0 Å². The third-order valence-corrected chi connectivity index (χ3v) is 2.45. The van der Waals surface area contributed by atoms with Crippen molar-refractivity contribution < 1.29 is 0 Å². The average molecular weight is 215 g/mol. The molecule has 0 saturated carbocycles. The van der Waals surface area contributed by atoms with E-state index in [2.05, 4.69) is 59.8 Å². The zero-order valence-electron chi connectivity index (χ0n) is 10.0. The van der Waals surface area contributed by atoms with Crippen LogP contribution in [0.25, 0.3) is 11.4 Å². The van der Waals surface area contributed by atoms with Crippen LogP contribution < -0.4 is 0 Å². The molecular formula is C13H17N3. The first-order valence-corrected chi connectivity index (χ1v) is 5.61. The van der Waals surface area contributed by atoms with Crippen LogP contribution in [0.4, 0.5) is 0 Å². The van der Waals surface area contributed by atoms with Crippen molar-refractivity contribution in [2.75, 3.05) is 0 Å². The number of hydrogen-bond donors (Lipinski definition) is 0. The molecule has 2 aromatic rings. The highest BCUT2D eigenvalue weighted by molar-refractivity contribution is 5.55. The highest BCUT2D eigenvalue weighted by Crippen LogP contribution is 2.18. The van der Waals surface area contributed by atoms with Gasteiger partial charge in [-0.05, 0) is 18.9 Å². The van der Waals surface area contributed by atoms with E-state index in [0.29, 0.717) is 5.92 Å². The lowest BCUT2D eigenvalue weighted by Crippen LogP contribution is -2.05. The van der Waals surface area contributed by atoms with Crippen LogP contribution in [-0.2, 0) is 6.54 Å². The van der Waals surface area contributed by atoms with Gasteiger partial charge in [0.2, 0.25) is 0 Å². The predicted octanol–water partition coefficient (Wildman–Crippen LogP) is 2.91. The summed E-state index contributed by atoms with van der Waals surface area (Å²) >= 11 is 0. The molecule has 3 heteroatoms. The Bertz CT molecular complexity index is 472. The number of rotatable bonds is 3. The SMILES string of the molecule is Cc1cccc(-c2nncn2CC(C)C)c1. The summed E-state index contributed by atoms with van der Waals surface area (Å²) in [5.74, 6) is 1.55. The van der Waals surface area contributed by atoms with Gasteiger partial charge in [-0.25, -0.2) is 0 Å². The van der Waals surface area contributed by atoms with Gasteiger partial charge in [-0.2, -0.15) is 0 Å². The van der Waals surface area contributed by atoms with Crippen molar-refractivity contribution in [1.82, 2.24) is 14.8 Å². The van der Waals surface area contributed by atoms with Crippen LogP contribution in [0, 0.1) is 12.8 Å².